The predicted molar refractivity (Wildman–Crippen MR) is 132 cm³/mol. The molecule has 1 heterocycles. The first-order chi connectivity index (χ1) is 15.9. The highest BCUT2D eigenvalue weighted by atomic mass is 32.2. The van der Waals surface area contributed by atoms with Crippen LogP contribution in [-0.2, 0) is 23.1 Å². The molecule has 2 N–H and O–H groups in total. The number of likely N-dealkylation sites (tertiary alicyclic amines) is 1. The lowest BCUT2D eigenvalue weighted by Gasteiger charge is -2.15. The van der Waals surface area contributed by atoms with Crippen LogP contribution in [0.15, 0.2) is 72.8 Å². The van der Waals surface area contributed by atoms with Crippen molar-refractivity contribution >= 4 is 21.6 Å². The molecule has 4 rings (SSSR count). The topological polar surface area (TPSA) is 78.5 Å². The van der Waals surface area contributed by atoms with Crippen molar-refractivity contribution in [1.82, 2.24) is 10.2 Å². The summed E-state index contributed by atoms with van der Waals surface area (Å²) in [7, 11) is -3.41. The van der Waals surface area contributed by atoms with Crippen LogP contribution in [0, 0.1) is 0 Å². The summed E-state index contributed by atoms with van der Waals surface area (Å²) in [5, 5.41) is 2.95. The van der Waals surface area contributed by atoms with Crippen LogP contribution in [-0.4, -0.2) is 38.6 Å². The summed E-state index contributed by atoms with van der Waals surface area (Å²) in [6.07, 6.45) is 3.65. The van der Waals surface area contributed by atoms with E-state index >= 15 is 0 Å². The molecular weight excluding hydrogens is 434 g/mol. The molecule has 3 aromatic carbocycles. The normalized spacial score (nSPS) is 14.2. The van der Waals surface area contributed by atoms with Crippen LogP contribution in [0.1, 0.15) is 34.3 Å². The van der Waals surface area contributed by atoms with Crippen molar-refractivity contribution in [3.8, 4) is 11.1 Å². The van der Waals surface area contributed by atoms with Gasteiger partial charge in [0.05, 0.1) is 6.26 Å². The van der Waals surface area contributed by atoms with Crippen molar-refractivity contribution in [2.24, 2.45) is 0 Å². The molecule has 0 unspecified atom stereocenters. The first kappa shape index (κ1) is 23.0. The molecule has 0 atom stereocenters. The molecule has 1 aliphatic heterocycles. The standard InChI is InChI=1S/C26H29N3O3S/c1-33(31,32)28-24-9-6-8-22(17-24)26(30)27-18-23-7-2-3-10-25(23)21-13-11-20(12-14-21)19-29-15-4-5-16-29/h2-3,6-14,17,28H,4-5,15-16,18-19H2,1H3,(H,27,30). The van der Waals surface area contributed by atoms with Gasteiger partial charge in [0.25, 0.3) is 5.91 Å². The Hall–Kier alpha value is -3.16. The maximum absolute atomic E-state index is 12.7. The molecule has 0 radical (unpaired) electrons. The summed E-state index contributed by atoms with van der Waals surface area (Å²) in [4.78, 5) is 15.2. The maximum atomic E-state index is 12.7. The highest BCUT2D eigenvalue weighted by Crippen LogP contribution is 2.25. The molecule has 0 spiro atoms. The second-order valence-electron chi connectivity index (χ2n) is 8.48. The maximum Gasteiger partial charge on any atom is 0.251 e. The van der Waals surface area contributed by atoms with Gasteiger partial charge in [-0.25, -0.2) is 8.42 Å². The van der Waals surface area contributed by atoms with Crippen LogP contribution < -0.4 is 10.0 Å². The number of carbonyl (C=O) groups excluding carboxylic acids is 1. The van der Waals surface area contributed by atoms with Crippen LogP contribution in [0.25, 0.3) is 11.1 Å². The van der Waals surface area contributed by atoms with Crippen molar-refractivity contribution in [2.75, 3.05) is 24.1 Å². The molecule has 0 aromatic heterocycles. The van der Waals surface area contributed by atoms with Crippen molar-refractivity contribution in [2.45, 2.75) is 25.9 Å². The monoisotopic (exact) mass is 463 g/mol. The summed E-state index contributed by atoms with van der Waals surface area (Å²) in [5.41, 5.74) is 5.28. The molecule has 1 saturated heterocycles. The highest BCUT2D eigenvalue weighted by molar-refractivity contribution is 7.92. The van der Waals surface area contributed by atoms with E-state index in [0.717, 1.165) is 29.5 Å². The molecular formula is C26H29N3O3S. The van der Waals surface area contributed by atoms with Gasteiger partial charge in [0.15, 0.2) is 0 Å². The third-order valence-corrected chi connectivity index (χ3v) is 6.36. The molecule has 33 heavy (non-hydrogen) atoms. The average Bonchev–Trinajstić information content (AvgIpc) is 3.30. The van der Waals surface area contributed by atoms with Gasteiger partial charge < -0.3 is 5.32 Å². The SMILES string of the molecule is CS(=O)(=O)Nc1cccc(C(=O)NCc2ccccc2-c2ccc(CN3CCCC3)cc2)c1. The Morgan fingerprint density at radius 3 is 2.39 bits per heavy atom. The molecule has 6 nitrogen and oxygen atoms in total. The van der Waals surface area contributed by atoms with Crippen LogP contribution in [0.3, 0.4) is 0 Å². The molecule has 0 aliphatic carbocycles. The van der Waals surface area contributed by atoms with Crippen molar-refractivity contribution in [1.29, 1.82) is 0 Å². The number of amides is 1. The van der Waals surface area contributed by atoms with E-state index in [1.54, 1.807) is 18.2 Å². The minimum atomic E-state index is -3.41. The Balaban J connectivity index is 1.44. The van der Waals surface area contributed by atoms with E-state index in [4.69, 9.17) is 0 Å². The van der Waals surface area contributed by atoms with Gasteiger partial charge in [0, 0.05) is 24.3 Å². The number of benzene rings is 3. The van der Waals surface area contributed by atoms with Crippen molar-refractivity contribution < 1.29 is 13.2 Å². The van der Waals surface area contributed by atoms with E-state index in [2.05, 4.69) is 45.3 Å². The number of nitrogens with zero attached hydrogens (tertiary/aromatic N) is 1. The van der Waals surface area contributed by atoms with E-state index in [-0.39, 0.29) is 5.91 Å². The van der Waals surface area contributed by atoms with Crippen molar-refractivity contribution in [3.63, 3.8) is 0 Å². The molecule has 1 fully saturated rings. The summed E-state index contributed by atoms with van der Waals surface area (Å²) in [6, 6.07) is 23.1. The van der Waals surface area contributed by atoms with Gasteiger partial charge in [-0.1, -0.05) is 54.6 Å². The van der Waals surface area contributed by atoms with Crippen LogP contribution in [0.2, 0.25) is 0 Å². The second kappa shape index (κ2) is 10.2. The zero-order valence-electron chi connectivity index (χ0n) is 18.8. The summed E-state index contributed by atoms with van der Waals surface area (Å²) in [6.45, 7) is 3.72. The van der Waals surface area contributed by atoms with Crippen LogP contribution >= 0.6 is 0 Å². The average molecular weight is 464 g/mol. The lowest BCUT2D eigenvalue weighted by atomic mass is 9.98. The molecule has 1 amide bonds. The van der Waals surface area contributed by atoms with E-state index < -0.39 is 10.0 Å². The molecule has 1 aliphatic rings. The zero-order chi connectivity index (χ0) is 23.3. The lowest BCUT2D eigenvalue weighted by molar-refractivity contribution is 0.0951. The second-order valence-corrected chi connectivity index (χ2v) is 10.2. The fourth-order valence-corrected chi connectivity index (χ4v) is 4.72. The van der Waals surface area contributed by atoms with E-state index in [0.29, 0.717) is 17.8 Å². The van der Waals surface area contributed by atoms with Gasteiger partial charge in [0.1, 0.15) is 0 Å². The predicted octanol–water partition coefficient (Wildman–Crippen LogP) is 4.25. The third kappa shape index (κ3) is 6.43. The minimum absolute atomic E-state index is 0.261. The van der Waals surface area contributed by atoms with Gasteiger partial charge in [0.2, 0.25) is 10.0 Å². The first-order valence-electron chi connectivity index (χ1n) is 11.1. The summed E-state index contributed by atoms with van der Waals surface area (Å²) >= 11 is 0. The van der Waals surface area contributed by atoms with Crippen molar-refractivity contribution in [3.05, 3.63) is 89.5 Å². The van der Waals surface area contributed by atoms with Gasteiger partial charge in [-0.2, -0.15) is 0 Å². The number of nitrogens with one attached hydrogen (secondary N) is 2. The number of anilines is 1. The van der Waals surface area contributed by atoms with Gasteiger partial charge in [-0.15, -0.1) is 0 Å². The lowest BCUT2D eigenvalue weighted by Crippen LogP contribution is -2.23. The molecule has 0 bridgehead atoms. The largest absolute Gasteiger partial charge is 0.348 e. The van der Waals surface area contributed by atoms with Crippen LogP contribution in [0.5, 0.6) is 0 Å². The Morgan fingerprint density at radius 2 is 1.67 bits per heavy atom. The Kier molecular flexibility index (Phi) is 7.11. The quantitative estimate of drug-likeness (QED) is 0.524. The summed E-state index contributed by atoms with van der Waals surface area (Å²) in [5.74, 6) is -0.261. The fraction of sp³-hybridized carbons (Fsp3) is 0.269. The fourth-order valence-electron chi connectivity index (χ4n) is 4.16. The van der Waals surface area contributed by atoms with Gasteiger partial charge >= 0.3 is 0 Å². The third-order valence-electron chi connectivity index (χ3n) is 5.75. The van der Waals surface area contributed by atoms with Crippen LogP contribution in [0.4, 0.5) is 5.69 Å². The number of carbonyl (C=O) groups is 1. The number of hydrogen-bond acceptors (Lipinski definition) is 4. The Morgan fingerprint density at radius 1 is 0.939 bits per heavy atom. The zero-order valence-corrected chi connectivity index (χ0v) is 19.6. The number of sulfonamides is 1. The molecule has 0 saturated carbocycles. The van der Waals surface area contributed by atoms with E-state index in [9.17, 15) is 13.2 Å². The molecule has 172 valence electrons. The van der Waals surface area contributed by atoms with E-state index in [1.807, 2.05) is 18.2 Å². The minimum Gasteiger partial charge on any atom is -0.348 e. The molecule has 3 aromatic rings. The van der Waals surface area contributed by atoms with Gasteiger partial charge in [-0.05, 0) is 66.4 Å². The smallest absolute Gasteiger partial charge is 0.251 e. The first-order valence-corrected chi connectivity index (χ1v) is 13.0. The Labute approximate surface area is 195 Å². The number of hydrogen-bond donors (Lipinski definition) is 2. The van der Waals surface area contributed by atoms with E-state index in [1.165, 1.54) is 37.6 Å². The Bertz CT molecular complexity index is 1220. The molecule has 7 heteroatoms. The summed E-state index contributed by atoms with van der Waals surface area (Å²) < 4.78 is 25.3. The van der Waals surface area contributed by atoms with Gasteiger partial charge in [-0.3, -0.25) is 14.4 Å². The highest BCUT2D eigenvalue weighted by Gasteiger charge is 2.13. The number of rotatable bonds is 8.